The summed E-state index contributed by atoms with van der Waals surface area (Å²) in [6.45, 7) is 3.99. The molecule has 0 aromatic heterocycles. The van der Waals surface area contributed by atoms with Crippen LogP contribution in [0.25, 0.3) is 0 Å². The lowest BCUT2D eigenvalue weighted by Gasteiger charge is -2.33. The number of rotatable bonds is 3. The molecule has 1 rings (SSSR count). The van der Waals surface area contributed by atoms with Crippen molar-refractivity contribution in [3.8, 4) is 0 Å². The zero-order valence-electron chi connectivity index (χ0n) is 7.77. The van der Waals surface area contributed by atoms with Gasteiger partial charge >= 0.3 is 5.97 Å². The van der Waals surface area contributed by atoms with Crippen molar-refractivity contribution in [3.05, 3.63) is 0 Å². The van der Waals surface area contributed by atoms with E-state index in [1.54, 1.807) is 0 Å². The molecule has 76 valence electrons. The molecule has 0 bridgehead atoms. The molecule has 5 nitrogen and oxygen atoms in total. The number of hydrogen-bond donors (Lipinski definition) is 2. The first-order chi connectivity index (χ1) is 6.11. The number of ether oxygens (including phenoxy) is 1. The van der Waals surface area contributed by atoms with E-state index in [1.165, 1.54) is 0 Å². The van der Waals surface area contributed by atoms with Crippen molar-refractivity contribution in [2.45, 2.75) is 19.0 Å². The predicted octanol–water partition coefficient (Wildman–Crippen LogP) is -0.881. The number of aliphatic carboxylic acids is 1. The number of carbonyl (C=O) groups is 1. The van der Waals surface area contributed by atoms with Crippen molar-refractivity contribution < 1.29 is 14.6 Å². The average molecular weight is 188 g/mol. The van der Waals surface area contributed by atoms with Crippen LogP contribution in [0.2, 0.25) is 0 Å². The summed E-state index contributed by atoms with van der Waals surface area (Å²) in [5.41, 5.74) is 5.61. The van der Waals surface area contributed by atoms with E-state index in [4.69, 9.17) is 15.6 Å². The van der Waals surface area contributed by atoms with E-state index in [1.807, 2.05) is 11.8 Å². The van der Waals surface area contributed by atoms with E-state index in [-0.39, 0.29) is 12.6 Å². The normalized spacial score (nSPS) is 27.1. The lowest BCUT2D eigenvalue weighted by Crippen LogP contribution is -2.53. The number of nitrogens with zero attached hydrogens (tertiary/aromatic N) is 1. The number of nitrogens with two attached hydrogens (primary N) is 1. The van der Waals surface area contributed by atoms with E-state index in [0.717, 1.165) is 0 Å². The summed E-state index contributed by atoms with van der Waals surface area (Å²) >= 11 is 0. The molecule has 0 unspecified atom stereocenters. The SMILES string of the molecule is C[C@H](N)CN1CCOC[C@@H]1C(=O)O. The Labute approximate surface area is 77.5 Å². The molecule has 0 amide bonds. The maximum atomic E-state index is 10.8. The molecule has 1 saturated heterocycles. The minimum Gasteiger partial charge on any atom is -0.480 e. The Morgan fingerprint density at radius 2 is 2.54 bits per heavy atom. The van der Waals surface area contributed by atoms with Crippen LogP contribution >= 0.6 is 0 Å². The number of morpholine rings is 1. The van der Waals surface area contributed by atoms with E-state index in [9.17, 15) is 4.79 Å². The molecule has 13 heavy (non-hydrogen) atoms. The maximum Gasteiger partial charge on any atom is 0.323 e. The summed E-state index contributed by atoms with van der Waals surface area (Å²) in [5.74, 6) is -0.833. The molecule has 0 aromatic rings. The Morgan fingerprint density at radius 1 is 1.85 bits per heavy atom. The highest BCUT2D eigenvalue weighted by Gasteiger charge is 2.29. The second-order valence-corrected chi connectivity index (χ2v) is 3.40. The topological polar surface area (TPSA) is 75.8 Å². The molecule has 1 aliphatic rings. The smallest absolute Gasteiger partial charge is 0.323 e. The number of carboxylic acids is 1. The molecular weight excluding hydrogens is 172 g/mol. The Morgan fingerprint density at radius 3 is 3.08 bits per heavy atom. The van der Waals surface area contributed by atoms with Gasteiger partial charge in [0.15, 0.2) is 0 Å². The van der Waals surface area contributed by atoms with Gasteiger partial charge in [-0.2, -0.15) is 0 Å². The van der Waals surface area contributed by atoms with E-state index in [0.29, 0.717) is 19.7 Å². The highest BCUT2D eigenvalue weighted by Crippen LogP contribution is 2.07. The van der Waals surface area contributed by atoms with Gasteiger partial charge in [-0.15, -0.1) is 0 Å². The fraction of sp³-hybridized carbons (Fsp3) is 0.875. The molecule has 0 spiro atoms. The molecular formula is C8H16N2O3. The Balaban J connectivity index is 2.51. The van der Waals surface area contributed by atoms with E-state index < -0.39 is 12.0 Å². The third-order valence-corrected chi connectivity index (χ3v) is 2.05. The van der Waals surface area contributed by atoms with E-state index in [2.05, 4.69) is 0 Å². The van der Waals surface area contributed by atoms with Gasteiger partial charge in [-0.25, -0.2) is 0 Å². The van der Waals surface area contributed by atoms with Gasteiger partial charge in [0.2, 0.25) is 0 Å². The molecule has 3 N–H and O–H groups in total. The molecule has 5 heteroatoms. The van der Waals surface area contributed by atoms with Crippen LogP contribution in [0, 0.1) is 0 Å². The minimum absolute atomic E-state index is 0.0000463. The van der Waals surface area contributed by atoms with Crippen LogP contribution in [-0.2, 0) is 9.53 Å². The monoisotopic (exact) mass is 188 g/mol. The van der Waals surface area contributed by atoms with Crippen molar-refractivity contribution in [2.75, 3.05) is 26.3 Å². The van der Waals surface area contributed by atoms with Crippen molar-refractivity contribution in [2.24, 2.45) is 5.73 Å². The van der Waals surface area contributed by atoms with Crippen molar-refractivity contribution in [1.82, 2.24) is 4.90 Å². The lowest BCUT2D eigenvalue weighted by atomic mass is 10.2. The minimum atomic E-state index is -0.833. The van der Waals surface area contributed by atoms with Crippen LogP contribution in [0.1, 0.15) is 6.92 Å². The van der Waals surface area contributed by atoms with Gasteiger partial charge in [0, 0.05) is 19.1 Å². The van der Waals surface area contributed by atoms with E-state index >= 15 is 0 Å². The highest BCUT2D eigenvalue weighted by molar-refractivity contribution is 5.73. The van der Waals surface area contributed by atoms with Gasteiger partial charge in [0.25, 0.3) is 0 Å². The van der Waals surface area contributed by atoms with Crippen LogP contribution < -0.4 is 5.73 Å². The zero-order chi connectivity index (χ0) is 9.84. The quantitative estimate of drug-likeness (QED) is 0.601. The van der Waals surface area contributed by atoms with Gasteiger partial charge in [0.1, 0.15) is 6.04 Å². The van der Waals surface area contributed by atoms with Gasteiger partial charge < -0.3 is 15.6 Å². The molecule has 0 radical (unpaired) electrons. The molecule has 2 atom stereocenters. The highest BCUT2D eigenvalue weighted by atomic mass is 16.5. The van der Waals surface area contributed by atoms with Crippen LogP contribution in [0.3, 0.4) is 0 Å². The third kappa shape index (κ3) is 2.95. The number of carboxylic acid groups (broad SMARTS) is 1. The summed E-state index contributed by atoms with van der Waals surface area (Å²) in [4.78, 5) is 12.6. The zero-order valence-corrected chi connectivity index (χ0v) is 7.77. The molecule has 1 aliphatic heterocycles. The van der Waals surface area contributed by atoms with Crippen molar-refractivity contribution >= 4 is 5.97 Å². The van der Waals surface area contributed by atoms with Gasteiger partial charge in [-0.1, -0.05) is 0 Å². The fourth-order valence-corrected chi connectivity index (χ4v) is 1.45. The molecule has 1 heterocycles. The first-order valence-electron chi connectivity index (χ1n) is 4.41. The molecule has 0 saturated carbocycles. The fourth-order valence-electron chi connectivity index (χ4n) is 1.45. The second kappa shape index (κ2) is 4.55. The van der Waals surface area contributed by atoms with Gasteiger partial charge in [-0.3, -0.25) is 9.69 Å². The summed E-state index contributed by atoms with van der Waals surface area (Å²) in [6.07, 6.45) is 0. The third-order valence-electron chi connectivity index (χ3n) is 2.05. The average Bonchev–Trinajstić information content (AvgIpc) is 2.03. The van der Waals surface area contributed by atoms with Crippen molar-refractivity contribution in [3.63, 3.8) is 0 Å². The summed E-state index contributed by atoms with van der Waals surface area (Å²) in [5, 5.41) is 8.86. The Kier molecular flexibility index (Phi) is 3.65. The van der Waals surface area contributed by atoms with Crippen LogP contribution in [0.15, 0.2) is 0 Å². The molecule has 1 fully saturated rings. The first-order valence-corrected chi connectivity index (χ1v) is 4.41. The summed E-state index contributed by atoms with van der Waals surface area (Å²) in [7, 11) is 0. The predicted molar refractivity (Wildman–Crippen MR) is 47.5 cm³/mol. The maximum absolute atomic E-state index is 10.8. The van der Waals surface area contributed by atoms with Crippen LogP contribution in [-0.4, -0.2) is 54.4 Å². The lowest BCUT2D eigenvalue weighted by molar-refractivity contribution is -0.149. The Bertz CT molecular complexity index is 184. The second-order valence-electron chi connectivity index (χ2n) is 3.40. The standard InChI is InChI=1S/C8H16N2O3/c1-6(9)4-10-2-3-13-5-7(10)8(11)12/h6-7H,2-5,9H2,1H3,(H,11,12)/t6-,7+/m0/s1. The largest absolute Gasteiger partial charge is 0.480 e. The van der Waals surface area contributed by atoms with Crippen LogP contribution in [0.4, 0.5) is 0 Å². The molecule has 0 aromatic carbocycles. The molecule has 0 aliphatic carbocycles. The van der Waals surface area contributed by atoms with Gasteiger partial charge in [-0.05, 0) is 6.92 Å². The van der Waals surface area contributed by atoms with Crippen molar-refractivity contribution in [1.29, 1.82) is 0 Å². The Hall–Kier alpha value is -0.650. The van der Waals surface area contributed by atoms with Crippen LogP contribution in [0.5, 0.6) is 0 Å². The van der Waals surface area contributed by atoms with Gasteiger partial charge in [0.05, 0.1) is 13.2 Å². The summed E-state index contributed by atoms with van der Waals surface area (Å²) in [6, 6.07) is -0.528. The number of hydrogen-bond acceptors (Lipinski definition) is 4. The summed E-state index contributed by atoms with van der Waals surface area (Å²) < 4.78 is 5.09. The first kappa shape index (κ1) is 10.4.